The number of furan rings is 2. The van der Waals surface area contributed by atoms with Crippen LogP contribution in [0, 0.1) is 0 Å². The van der Waals surface area contributed by atoms with E-state index in [0.717, 1.165) is 43.9 Å². The molecule has 0 spiro atoms. The van der Waals surface area contributed by atoms with Crippen LogP contribution in [-0.4, -0.2) is 0 Å². The highest BCUT2D eigenvalue weighted by Gasteiger charge is 2.49. The number of rotatable bonds is 5. The Hall–Kier alpha value is -11.3. The molecule has 486 valence electrons. The van der Waals surface area contributed by atoms with Crippen molar-refractivity contribution < 1.29 is 8.83 Å². The number of anilines is 6. The topological polar surface area (TPSA) is 32.8 Å². The molecule has 0 unspecified atom stereocenters. The number of fused-ring (bicyclic) bond motifs is 20. The van der Waals surface area contributed by atoms with Crippen molar-refractivity contribution in [3.63, 3.8) is 0 Å². The van der Waals surface area contributed by atoms with Gasteiger partial charge in [-0.3, -0.25) is 0 Å². The lowest BCUT2D eigenvalue weighted by molar-refractivity contribution is 0.596. The third kappa shape index (κ3) is 7.97. The zero-order valence-electron chi connectivity index (χ0n) is 57.9. The maximum Gasteiger partial charge on any atom is 0.135 e. The largest absolute Gasteiger partial charge is 0.456 e. The Kier molecular flexibility index (Phi) is 11.6. The Morgan fingerprint density at radius 2 is 0.471 bits per heavy atom. The first-order valence-electron chi connectivity index (χ1n) is 35.7. The lowest BCUT2D eigenvalue weighted by Gasteiger charge is -2.50. The van der Waals surface area contributed by atoms with Crippen LogP contribution in [0.5, 0.6) is 0 Å². The smallest absolute Gasteiger partial charge is 0.135 e. The van der Waals surface area contributed by atoms with Gasteiger partial charge in [0.2, 0.25) is 0 Å². The van der Waals surface area contributed by atoms with Gasteiger partial charge >= 0.3 is 0 Å². The highest BCUT2D eigenvalue weighted by molar-refractivity contribution is 7.26. The molecule has 0 aliphatic carbocycles. The average Bonchev–Trinajstić information content (AvgIpc) is 0.866. The van der Waals surface area contributed by atoms with Gasteiger partial charge in [0.15, 0.2) is 0 Å². The zero-order valence-corrected chi connectivity index (χ0v) is 59.6. The lowest BCUT2D eigenvalue weighted by atomic mass is 9.64. The SMILES string of the molecule is CC1(C)c2cc(-c3ccc4oc5ccccc5c4c3)ccc2N2c3ccc(-c4ccc5oc6ccccc6c5c4)cc3C(C)(C)c3cc(-c4cc5c6c(c4)C(C)(C)c4cc(-c7ccc8sc9ccccc9c8c7)ccc4N6c4ccc(-c6ccc7sc8ccccc8c7c6)cc4C5(C)C)cc1c32. The van der Waals surface area contributed by atoms with E-state index in [1.54, 1.807) is 0 Å². The molecule has 0 saturated carbocycles. The molecule has 22 rings (SSSR count). The van der Waals surface area contributed by atoms with E-state index >= 15 is 0 Å². The van der Waals surface area contributed by atoms with Gasteiger partial charge in [0.25, 0.3) is 0 Å². The Morgan fingerprint density at radius 1 is 0.216 bits per heavy atom. The van der Waals surface area contributed by atoms with Crippen LogP contribution in [0.3, 0.4) is 0 Å². The first-order valence-corrected chi connectivity index (χ1v) is 37.4. The van der Waals surface area contributed by atoms with Crippen LogP contribution >= 0.6 is 22.7 Å². The van der Waals surface area contributed by atoms with Gasteiger partial charge in [-0.25, -0.2) is 0 Å². The van der Waals surface area contributed by atoms with Crippen molar-refractivity contribution in [1.82, 2.24) is 0 Å². The Morgan fingerprint density at radius 3 is 0.824 bits per heavy atom. The fraction of sp³-hybridized carbons (Fsp3) is 0.125. The van der Waals surface area contributed by atoms with Gasteiger partial charge in [-0.1, -0.05) is 177 Å². The van der Waals surface area contributed by atoms with Crippen LogP contribution in [0.4, 0.5) is 34.1 Å². The van der Waals surface area contributed by atoms with E-state index in [-0.39, 0.29) is 0 Å². The van der Waals surface area contributed by atoms with Crippen LogP contribution in [0.25, 0.3) is 140 Å². The summed E-state index contributed by atoms with van der Waals surface area (Å²) in [7, 11) is 0. The molecule has 0 N–H and O–H groups in total. The standard InChI is InChI=1S/C96H68N2O2S2/c1-93(2)71-45-57(53-29-37-85-67(41-53)63-17-9-13-21-83(63)99-85)25-33-79(71)97-80-34-26-58(54-30-38-86-68(42-54)64-18-10-14-22-84(64)100-86)46-72(80)94(3,4)76-50-61(49-75(93)91(76)97)62-51-77-92-78(52-62)96(7,8)74-48-60(56-32-40-90-70(44-56)66-20-12-16-24-88(66)102-90)28-36-82(74)98(92)81-35-27-59(47-73(81)95(77,5)6)55-31-39-89-69(43-55)65-19-11-15-23-87(65)101-89/h9-52H,1-8H3. The molecular formula is C96H68N2O2S2. The molecule has 6 heteroatoms. The number of benzene rings is 14. The van der Waals surface area contributed by atoms with Crippen LogP contribution in [-0.2, 0) is 21.7 Å². The number of hydrogen-bond acceptors (Lipinski definition) is 6. The van der Waals surface area contributed by atoms with Gasteiger partial charge in [0.05, 0.1) is 34.1 Å². The summed E-state index contributed by atoms with van der Waals surface area (Å²) in [5.41, 5.74) is 31.9. The molecule has 0 fully saturated rings. The molecule has 4 nitrogen and oxygen atoms in total. The number of thiophene rings is 2. The lowest BCUT2D eigenvalue weighted by Crippen LogP contribution is -2.38. The Bertz CT molecular complexity index is 5990. The summed E-state index contributed by atoms with van der Waals surface area (Å²) in [4.78, 5) is 5.28. The molecule has 4 aliphatic rings. The molecule has 4 aromatic heterocycles. The van der Waals surface area contributed by atoms with Crippen molar-refractivity contribution in [3.05, 3.63) is 311 Å². The molecule has 102 heavy (non-hydrogen) atoms. The molecule has 8 heterocycles. The quantitative estimate of drug-likeness (QED) is 0.172. The van der Waals surface area contributed by atoms with E-state index in [0.29, 0.717) is 0 Å². The predicted octanol–water partition coefficient (Wildman–Crippen LogP) is 28.1. The van der Waals surface area contributed by atoms with E-state index < -0.39 is 21.7 Å². The molecule has 0 bridgehead atoms. The van der Waals surface area contributed by atoms with Gasteiger partial charge in [-0.05, 0) is 246 Å². The fourth-order valence-electron chi connectivity index (χ4n) is 18.6. The van der Waals surface area contributed by atoms with E-state index in [1.165, 1.54) is 175 Å². The van der Waals surface area contributed by atoms with Crippen molar-refractivity contribution in [3.8, 4) is 55.6 Å². The summed E-state index contributed by atoms with van der Waals surface area (Å²) in [6.45, 7) is 19.8. The van der Waals surface area contributed by atoms with Crippen LogP contribution in [0.2, 0.25) is 0 Å². The summed E-state index contributed by atoms with van der Waals surface area (Å²) in [5, 5.41) is 9.78. The van der Waals surface area contributed by atoms with Gasteiger partial charge in [-0.15, -0.1) is 22.7 Å². The maximum atomic E-state index is 6.40. The van der Waals surface area contributed by atoms with Crippen LogP contribution in [0.1, 0.15) is 99.9 Å². The third-order valence-corrected chi connectivity index (χ3v) is 26.5. The average molecular weight is 1350 g/mol. The van der Waals surface area contributed by atoms with Gasteiger partial charge in [0, 0.05) is 83.5 Å². The van der Waals surface area contributed by atoms with Crippen molar-refractivity contribution in [1.29, 1.82) is 0 Å². The molecule has 0 radical (unpaired) electrons. The van der Waals surface area contributed by atoms with E-state index in [1.807, 2.05) is 22.7 Å². The minimum Gasteiger partial charge on any atom is -0.456 e. The van der Waals surface area contributed by atoms with Gasteiger partial charge < -0.3 is 18.6 Å². The molecule has 0 amide bonds. The second-order valence-electron chi connectivity index (χ2n) is 31.2. The van der Waals surface area contributed by atoms with Crippen LogP contribution in [0.15, 0.2) is 276 Å². The van der Waals surface area contributed by atoms with Crippen molar-refractivity contribution in [2.24, 2.45) is 0 Å². The van der Waals surface area contributed by atoms with Gasteiger partial charge in [-0.2, -0.15) is 0 Å². The second kappa shape index (κ2) is 20.3. The molecule has 4 aliphatic heterocycles. The zero-order chi connectivity index (χ0) is 68.2. The first-order chi connectivity index (χ1) is 49.5. The number of hydrogen-bond donors (Lipinski definition) is 0. The molecular weight excluding hydrogens is 1280 g/mol. The second-order valence-corrected chi connectivity index (χ2v) is 33.3. The summed E-state index contributed by atoms with van der Waals surface area (Å²) >= 11 is 3.76. The van der Waals surface area contributed by atoms with E-state index in [9.17, 15) is 0 Å². The van der Waals surface area contributed by atoms with Crippen LogP contribution < -0.4 is 9.80 Å². The highest BCUT2D eigenvalue weighted by Crippen LogP contribution is 2.65. The maximum absolute atomic E-state index is 6.40. The number of nitrogens with zero attached hydrogens (tertiary/aromatic N) is 2. The van der Waals surface area contributed by atoms with Crippen molar-refractivity contribution >= 4 is 141 Å². The summed E-state index contributed by atoms with van der Waals surface area (Å²) in [6, 6.07) is 102. The third-order valence-electron chi connectivity index (χ3n) is 24.2. The van der Waals surface area contributed by atoms with Crippen molar-refractivity contribution in [2.75, 3.05) is 9.80 Å². The highest BCUT2D eigenvalue weighted by atomic mass is 32.1. The van der Waals surface area contributed by atoms with E-state index in [4.69, 9.17) is 8.83 Å². The minimum absolute atomic E-state index is 0.423. The molecule has 0 atom stereocenters. The molecule has 18 aromatic rings. The summed E-state index contributed by atoms with van der Waals surface area (Å²) in [5.74, 6) is 0. The monoisotopic (exact) mass is 1340 g/mol. The summed E-state index contributed by atoms with van der Waals surface area (Å²) < 4.78 is 18.1. The normalized spacial score (nSPS) is 15.5. The molecule has 0 saturated heterocycles. The predicted molar refractivity (Wildman–Crippen MR) is 432 cm³/mol. The first kappa shape index (κ1) is 58.5. The van der Waals surface area contributed by atoms with Crippen molar-refractivity contribution in [2.45, 2.75) is 77.0 Å². The fourth-order valence-corrected chi connectivity index (χ4v) is 20.8. The molecule has 14 aromatic carbocycles. The van der Waals surface area contributed by atoms with Gasteiger partial charge in [0.1, 0.15) is 22.3 Å². The summed E-state index contributed by atoms with van der Waals surface area (Å²) in [6.07, 6.45) is 0. The minimum atomic E-state index is -0.441. The Labute approximate surface area is 599 Å². The number of para-hydroxylation sites is 2. The Balaban J connectivity index is 0.763. The van der Waals surface area contributed by atoms with E-state index in [2.05, 4.69) is 332 Å².